The van der Waals surface area contributed by atoms with Crippen LogP contribution in [0.2, 0.25) is 5.02 Å². The highest BCUT2D eigenvalue weighted by Gasteiger charge is 2.30. The van der Waals surface area contributed by atoms with Crippen LogP contribution in [0.5, 0.6) is 17.2 Å². The maximum atomic E-state index is 12.9. The number of allylic oxidation sites excluding steroid dienone is 1. The zero-order valence-corrected chi connectivity index (χ0v) is 20.8. The van der Waals surface area contributed by atoms with Gasteiger partial charge in [0, 0.05) is 18.7 Å². The van der Waals surface area contributed by atoms with Gasteiger partial charge in [-0.1, -0.05) is 35.5 Å². The minimum Gasteiger partial charge on any atom is -0.495 e. The van der Waals surface area contributed by atoms with Gasteiger partial charge in [0.05, 0.1) is 36.2 Å². The van der Waals surface area contributed by atoms with Crippen molar-refractivity contribution in [3.63, 3.8) is 0 Å². The van der Waals surface area contributed by atoms with Gasteiger partial charge >= 0.3 is 6.18 Å². The molecule has 1 aromatic heterocycles. The Morgan fingerprint density at radius 2 is 1.94 bits per heavy atom. The Labute approximate surface area is 214 Å². The first-order valence-corrected chi connectivity index (χ1v) is 11.7. The molecule has 0 unspecified atom stereocenters. The normalized spacial score (nSPS) is 11.2. The van der Waals surface area contributed by atoms with Crippen LogP contribution >= 0.6 is 23.4 Å². The molecular formula is C23H22ClF3N4O4S. The van der Waals surface area contributed by atoms with Crippen molar-refractivity contribution < 1.29 is 32.2 Å². The summed E-state index contributed by atoms with van der Waals surface area (Å²) in [7, 11) is 2.90. The minimum absolute atomic E-state index is 0.0160. The van der Waals surface area contributed by atoms with Crippen molar-refractivity contribution in [1.29, 1.82) is 0 Å². The van der Waals surface area contributed by atoms with Gasteiger partial charge in [-0.2, -0.15) is 13.2 Å². The lowest BCUT2D eigenvalue weighted by Crippen LogP contribution is -2.15. The van der Waals surface area contributed by atoms with Crippen LogP contribution in [0, 0.1) is 0 Å². The van der Waals surface area contributed by atoms with Crippen LogP contribution in [-0.2, 0) is 24.1 Å². The first-order valence-electron chi connectivity index (χ1n) is 10.3. The summed E-state index contributed by atoms with van der Waals surface area (Å²) in [5, 5.41) is 11.6. The predicted molar refractivity (Wildman–Crippen MR) is 130 cm³/mol. The number of hydrogen-bond donors (Lipinski definition) is 1. The van der Waals surface area contributed by atoms with Crippen LogP contribution in [-0.4, -0.2) is 40.6 Å². The number of carbonyl (C=O) groups is 1. The Hall–Kier alpha value is -3.38. The fourth-order valence-electron chi connectivity index (χ4n) is 3.03. The predicted octanol–water partition coefficient (Wildman–Crippen LogP) is 5.46. The molecule has 3 aromatic rings. The second-order valence-corrected chi connectivity index (χ2v) is 8.49. The lowest BCUT2D eigenvalue weighted by molar-refractivity contribution is -0.137. The Kier molecular flexibility index (Phi) is 9.10. The van der Waals surface area contributed by atoms with Crippen molar-refractivity contribution in [3.8, 4) is 17.2 Å². The summed E-state index contributed by atoms with van der Waals surface area (Å²) in [6, 6.07) is 7.63. The summed E-state index contributed by atoms with van der Waals surface area (Å²) >= 11 is 7.21. The van der Waals surface area contributed by atoms with Gasteiger partial charge in [-0.15, -0.1) is 16.8 Å². The quantitative estimate of drug-likeness (QED) is 0.254. The fourth-order valence-corrected chi connectivity index (χ4v) is 4.03. The molecule has 0 saturated heterocycles. The van der Waals surface area contributed by atoms with E-state index in [9.17, 15) is 18.0 Å². The number of anilines is 1. The van der Waals surface area contributed by atoms with Crippen molar-refractivity contribution in [1.82, 2.24) is 14.8 Å². The largest absolute Gasteiger partial charge is 0.495 e. The summed E-state index contributed by atoms with van der Waals surface area (Å²) in [4.78, 5) is 12.6. The van der Waals surface area contributed by atoms with E-state index in [1.807, 2.05) is 0 Å². The molecule has 1 heterocycles. The first kappa shape index (κ1) is 27.2. The van der Waals surface area contributed by atoms with Gasteiger partial charge in [0.1, 0.15) is 23.9 Å². The molecule has 0 fully saturated rings. The monoisotopic (exact) mass is 542 g/mol. The lowest BCUT2D eigenvalue weighted by Gasteiger charge is -2.13. The summed E-state index contributed by atoms with van der Waals surface area (Å²) in [5.74, 6) is 0.771. The van der Waals surface area contributed by atoms with E-state index in [0.717, 1.165) is 23.9 Å². The van der Waals surface area contributed by atoms with E-state index in [-0.39, 0.29) is 24.0 Å². The van der Waals surface area contributed by atoms with Gasteiger partial charge in [0.25, 0.3) is 0 Å². The molecule has 0 aliphatic carbocycles. The SMILES string of the molecule is C=CCn1c(COc2cccc(C(F)(F)F)c2)nnc1SCC(=O)Nc1cc(OC)c(Cl)cc1OC. The fraction of sp³-hybridized carbons (Fsp3) is 0.261. The number of ether oxygens (including phenoxy) is 3. The van der Waals surface area contributed by atoms with Crippen LogP contribution in [0.1, 0.15) is 11.4 Å². The highest BCUT2D eigenvalue weighted by Crippen LogP contribution is 2.36. The van der Waals surface area contributed by atoms with Gasteiger partial charge in [-0.25, -0.2) is 0 Å². The van der Waals surface area contributed by atoms with E-state index >= 15 is 0 Å². The van der Waals surface area contributed by atoms with E-state index in [0.29, 0.717) is 39.7 Å². The van der Waals surface area contributed by atoms with Gasteiger partial charge in [-0.3, -0.25) is 9.36 Å². The number of methoxy groups -OCH3 is 2. The summed E-state index contributed by atoms with van der Waals surface area (Å²) in [6.07, 6.45) is -2.88. The van der Waals surface area contributed by atoms with E-state index in [1.54, 1.807) is 16.7 Å². The number of halogens is 4. The molecule has 2 aromatic carbocycles. The Morgan fingerprint density at radius 1 is 1.19 bits per heavy atom. The number of nitrogens with one attached hydrogen (secondary N) is 1. The maximum Gasteiger partial charge on any atom is 0.416 e. The third-order valence-electron chi connectivity index (χ3n) is 4.71. The molecule has 36 heavy (non-hydrogen) atoms. The number of alkyl halides is 3. The molecule has 0 aliphatic heterocycles. The van der Waals surface area contributed by atoms with Crippen LogP contribution in [0.4, 0.5) is 18.9 Å². The number of nitrogens with zero attached hydrogens (tertiary/aromatic N) is 3. The molecule has 0 atom stereocenters. The maximum absolute atomic E-state index is 12.9. The van der Waals surface area contributed by atoms with Gasteiger partial charge < -0.3 is 19.5 Å². The molecular weight excluding hydrogens is 521 g/mol. The smallest absolute Gasteiger partial charge is 0.416 e. The third kappa shape index (κ3) is 6.85. The average molecular weight is 543 g/mol. The van der Waals surface area contributed by atoms with Crippen LogP contribution in [0.25, 0.3) is 0 Å². The summed E-state index contributed by atoms with van der Waals surface area (Å²) in [6.45, 7) is 3.88. The number of thioether (sulfide) groups is 1. The minimum atomic E-state index is -4.48. The number of carbonyl (C=O) groups excluding carboxylic acids is 1. The molecule has 3 rings (SSSR count). The number of rotatable bonds is 11. The number of aromatic nitrogens is 3. The molecule has 0 aliphatic rings. The van der Waals surface area contributed by atoms with Crippen LogP contribution < -0.4 is 19.5 Å². The second kappa shape index (κ2) is 12.0. The van der Waals surface area contributed by atoms with Crippen molar-refractivity contribution in [2.24, 2.45) is 0 Å². The molecule has 1 amide bonds. The van der Waals surface area contributed by atoms with E-state index in [1.165, 1.54) is 32.4 Å². The van der Waals surface area contributed by atoms with E-state index < -0.39 is 11.7 Å². The molecule has 8 nitrogen and oxygen atoms in total. The lowest BCUT2D eigenvalue weighted by atomic mass is 10.2. The molecule has 1 N–H and O–H groups in total. The average Bonchev–Trinajstić information content (AvgIpc) is 3.23. The zero-order chi connectivity index (χ0) is 26.3. The van der Waals surface area contributed by atoms with Crippen molar-refractivity contribution in [3.05, 3.63) is 65.5 Å². The first-order chi connectivity index (χ1) is 17.2. The van der Waals surface area contributed by atoms with E-state index in [2.05, 4.69) is 22.1 Å². The Bertz CT molecular complexity index is 1240. The molecule has 0 radical (unpaired) electrons. The highest BCUT2D eigenvalue weighted by molar-refractivity contribution is 7.99. The second-order valence-electron chi connectivity index (χ2n) is 7.14. The molecule has 192 valence electrons. The molecule has 0 saturated carbocycles. The zero-order valence-electron chi connectivity index (χ0n) is 19.3. The third-order valence-corrected chi connectivity index (χ3v) is 5.98. The summed E-state index contributed by atoms with van der Waals surface area (Å²) < 4.78 is 56.4. The van der Waals surface area contributed by atoms with Gasteiger partial charge in [0.15, 0.2) is 11.0 Å². The highest BCUT2D eigenvalue weighted by atomic mass is 35.5. The molecule has 0 spiro atoms. The standard InChI is InChI=1S/C23H22ClF3N4O4S/c1-4-8-31-20(12-35-15-7-5-6-14(9-15)23(25,26)27)29-30-22(31)36-13-21(32)28-17-11-18(33-2)16(24)10-19(17)34-3/h4-7,9-11H,1,8,12-13H2,2-3H3,(H,28,32). The van der Waals surface area contributed by atoms with Gasteiger partial charge in [-0.05, 0) is 18.2 Å². The number of benzene rings is 2. The van der Waals surface area contributed by atoms with Crippen LogP contribution in [0.15, 0.2) is 54.2 Å². The summed E-state index contributed by atoms with van der Waals surface area (Å²) in [5.41, 5.74) is -0.433. The Morgan fingerprint density at radius 3 is 2.61 bits per heavy atom. The topological polar surface area (TPSA) is 87.5 Å². The molecule has 0 bridgehead atoms. The Balaban J connectivity index is 1.67. The van der Waals surface area contributed by atoms with Crippen molar-refractivity contribution in [2.45, 2.75) is 24.5 Å². The van der Waals surface area contributed by atoms with Crippen molar-refractivity contribution in [2.75, 3.05) is 25.3 Å². The molecule has 13 heteroatoms. The number of amides is 1. The van der Waals surface area contributed by atoms with Crippen LogP contribution in [0.3, 0.4) is 0 Å². The van der Waals surface area contributed by atoms with Crippen molar-refractivity contribution >= 4 is 35.0 Å². The van der Waals surface area contributed by atoms with E-state index in [4.69, 9.17) is 25.8 Å². The van der Waals surface area contributed by atoms with Gasteiger partial charge in [0.2, 0.25) is 5.91 Å². The number of hydrogen-bond acceptors (Lipinski definition) is 7.